The van der Waals surface area contributed by atoms with Gasteiger partial charge in [0.1, 0.15) is 22.9 Å². The van der Waals surface area contributed by atoms with Crippen LogP contribution >= 0.6 is 0 Å². The van der Waals surface area contributed by atoms with Crippen LogP contribution in [0.2, 0.25) is 0 Å². The molecule has 2 aromatic carbocycles. The summed E-state index contributed by atoms with van der Waals surface area (Å²) in [6.45, 7) is 1.32. The number of piperidine rings is 1. The number of anilines is 2. The molecule has 1 spiro atoms. The van der Waals surface area contributed by atoms with Crippen molar-refractivity contribution in [2.45, 2.75) is 50.1 Å². The Kier molecular flexibility index (Phi) is 6.11. The molecule has 0 radical (unpaired) electrons. The normalized spacial score (nSPS) is 23.7. The minimum Gasteiger partial charge on any atom is -0.497 e. The molecule has 1 atom stereocenters. The number of methoxy groups -OCH3 is 1. The number of hydrogen-bond acceptors (Lipinski definition) is 5. The molecule has 2 N–H and O–H groups in total. The summed E-state index contributed by atoms with van der Waals surface area (Å²) >= 11 is 0. The minimum absolute atomic E-state index is 0.00855. The summed E-state index contributed by atoms with van der Waals surface area (Å²) in [5.41, 5.74) is 1.71. The molecule has 2 aliphatic heterocycles. The maximum atomic E-state index is 13.1. The molecule has 5 rings (SSSR count). The molecule has 33 heavy (non-hydrogen) atoms. The van der Waals surface area contributed by atoms with Crippen molar-refractivity contribution in [3.05, 3.63) is 48.5 Å². The molecule has 0 bridgehead atoms. The van der Waals surface area contributed by atoms with Gasteiger partial charge in [-0.3, -0.25) is 9.79 Å². The van der Waals surface area contributed by atoms with Crippen molar-refractivity contribution in [2.24, 2.45) is 4.99 Å². The smallest absolute Gasteiger partial charge is 0.260 e. The van der Waals surface area contributed by atoms with Crippen molar-refractivity contribution in [1.82, 2.24) is 4.90 Å². The number of nitrogens with one attached hydrogen (secondary N) is 2. The van der Waals surface area contributed by atoms with Crippen molar-refractivity contribution in [3.63, 3.8) is 0 Å². The Labute approximate surface area is 195 Å². The van der Waals surface area contributed by atoms with Gasteiger partial charge < -0.3 is 25.0 Å². The first kappa shape index (κ1) is 21.6. The minimum atomic E-state index is -0.398. The van der Waals surface area contributed by atoms with Crippen molar-refractivity contribution < 1.29 is 14.3 Å². The molecule has 1 unspecified atom stereocenters. The van der Waals surface area contributed by atoms with Crippen LogP contribution in [0.15, 0.2) is 53.5 Å². The molecule has 1 amide bonds. The van der Waals surface area contributed by atoms with Gasteiger partial charge in [-0.15, -0.1) is 0 Å². The number of nitrogens with zero attached hydrogens (tertiary/aromatic N) is 2. The van der Waals surface area contributed by atoms with Crippen LogP contribution < -0.4 is 20.1 Å². The number of rotatable bonds is 5. The predicted octanol–water partition coefficient (Wildman–Crippen LogP) is 4.31. The second-order valence-corrected chi connectivity index (χ2v) is 9.18. The van der Waals surface area contributed by atoms with Crippen LogP contribution in [-0.2, 0) is 4.79 Å². The Balaban J connectivity index is 1.33. The fourth-order valence-corrected chi connectivity index (χ4v) is 5.11. The predicted molar refractivity (Wildman–Crippen MR) is 130 cm³/mol. The lowest BCUT2D eigenvalue weighted by molar-refractivity contribution is -0.134. The highest BCUT2D eigenvalue weighted by molar-refractivity contribution is 6.10. The van der Waals surface area contributed by atoms with Crippen LogP contribution in [-0.4, -0.2) is 55.0 Å². The van der Waals surface area contributed by atoms with E-state index in [0.29, 0.717) is 18.3 Å². The van der Waals surface area contributed by atoms with E-state index in [-0.39, 0.29) is 12.5 Å². The zero-order valence-electron chi connectivity index (χ0n) is 19.2. The number of amides is 1. The Bertz CT molecular complexity index is 1020. The second kappa shape index (κ2) is 9.33. The number of ether oxygens (including phenoxy) is 2. The van der Waals surface area contributed by atoms with Crippen LogP contribution in [0.25, 0.3) is 0 Å². The fraction of sp³-hybridized carbons (Fsp3) is 0.462. The summed E-state index contributed by atoms with van der Waals surface area (Å²) in [6, 6.07) is 15.9. The van der Waals surface area contributed by atoms with Crippen LogP contribution in [0.5, 0.6) is 11.5 Å². The number of carbonyl (C=O) groups excluding carboxylic acids is 1. The molecule has 0 aromatic heterocycles. The van der Waals surface area contributed by atoms with E-state index in [1.165, 1.54) is 12.8 Å². The lowest BCUT2D eigenvalue weighted by atomic mass is 9.85. The first-order valence-corrected chi connectivity index (χ1v) is 11.9. The molecule has 2 heterocycles. The molecule has 2 fully saturated rings. The van der Waals surface area contributed by atoms with Gasteiger partial charge in [-0.1, -0.05) is 25.0 Å². The Morgan fingerprint density at radius 3 is 2.55 bits per heavy atom. The standard InChI is InChI=1S/C26H32N4O3/c1-32-20-11-13-21(14-12-20)33-17-24(31)30-16-6-15-26(18-30)25(27-19-7-2-3-8-19)28-22-9-4-5-10-23(22)29-26/h4-5,9-14,19,29H,2-3,6-8,15-18H2,1H3,(H,27,28). The van der Waals surface area contributed by atoms with Crippen molar-refractivity contribution >= 4 is 23.1 Å². The maximum Gasteiger partial charge on any atom is 0.260 e. The number of benzene rings is 2. The molecule has 1 saturated carbocycles. The van der Waals surface area contributed by atoms with Gasteiger partial charge in [0.25, 0.3) is 5.91 Å². The van der Waals surface area contributed by atoms with Gasteiger partial charge >= 0.3 is 0 Å². The molecular formula is C26H32N4O3. The highest BCUT2D eigenvalue weighted by atomic mass is 16.5. The summed E-state index contributed by atoms with van der Waals surface area (Å²) in [6.07, 6.45) is 6.61. The van der Waals surface area contributed by atoms with E-state index in [2.05, 4.69) is 22.8 Å². The van der Waals surface area contributed by atoms with E-state index in [0.717, 1.165) is 55.2 Å². The first-order valence-electron chi connectivity index (χ1n) is 11.9. The van der Waals surface area contributed by atoms with Crippen LogP contribution in [0, 0.1) is 0 Å². The van der Waals surface area contributed by atoms with E-state index >= 15 is 0 Å². The topological polar surface area (TPSA) is 75.2 Å². The summed E-state index contributed by atoms with van der Waals surface area (Å²) in [5, 5.41) is 7.38. The molecule has 1 saturated heterocycles. The first-order chi connectivity index (χ1) is 16.1. The van der Waals surface area contributed by atoms with Gasteiger partial charge in [-0.05, 0) is 62.1 Å². The zero-order valence-corrected chi connectivity index (χ0v) is 19.2. The lowest BCUT2D eigenvalue weighted by Crippen LogP contribution is -2.63. The molecule has 7 nitrogen and oxygen atoms in total. The number of hydrogen-bond donors (Lipinski definition) is 2. The Morgan fingerprint density at radius 2 is 1.79 bits per heavy atom. The lowest BCUT2D eigenvalue weighted by Gasteiger charge is -2.47. The van der Waals surface area contributed by atoms with Gasteiger partial charge in [0.15, 0.2) is 6.61 Å². The van der Waals surface area contributed by atoms with E-state index in [4.69, 9.17) is 14.5 Å². The zero-order chi connectivity index (χ0) is 22.7. The third-order valence-electron chi connectivity index (χ3n) is 6.91. The number of carbonyl (C=O) groups is 1. The average molecular weight is 449 g/mol. The van der Waals surface area contributed by atoms with Crippen LogP contribution in [0.1, 0.15) is 38.5 Å². The van der Waals surface area contributed by atoms with E-state index in [1.54, 1.807) is 7.11 Å². The summed E-state index contributed by atoms with van der Waals surface area (Å²) in [4.78, 5) is 20.2. The largest absolute Gasteiger partial charge is 0.497 e. The molecular weight excluding hydrogens is 416 g/mol. The third-order valence-corrected chi connectivity index (χ3v) is 6.91. The summed E-state index contributed by atoms with van der Waals surface area (Å²) in [7, 11) is 1.63. The molecule has 174 valence electrons. The quantitative estimate of drug-likeness (QED) is 0.713. The Morgan fingerprint density at radius 1 is 1.06 bits per heavy atom. The van der Waals surface area contributed by atoms with Crippen molar-refractivity contribution in [2.75, 3.05) is 37.4 Å². The SMILES string of the molecule is COc1ccc(OCC(=O)N2CCCC3(C2)Nc2ccccc2NC3=NC2CCCC2)cc1. The maximum absolute atomic E-state index is 13.1. The van der Waals surface area contributed by atoms with Crippen molar-refractivity contribution in [3.8, 4) is 11.5 Å². The monoisotopic (exact) mass is 448 g/mol. The van der Waals surface area contributed by atoms with E-state index in [9.17, 15) is 4.79 Å². The van der Waals surface area contributed by atoms with Crippen molar-refractivity contribution in [1.29, 1.82) is 0 Å². The molecule has 1 aliphatic carbocycles. The Hall–Kier alpha value is -3.22. The highest BCUT2D eigenvalue weighted by Crippen LogP contribution is 2.37. The molecule has 2 aromatic rings. The van der Waals surface area contributed by atoms with Gasteiger partial charge in [0.2, 0.25) is 0 Å². The second-order valence-electron chi connectivity index (χ2n) is 9.18. The number of aliphatic imine (C=N–C) groups is 1. The number of amidine groups is 1. The van der Waals surface area contributed by atoms with Gasteiger partial charge in [0.05, 0.1) is 31.1 Å². The van der Waals surface area contributed by atoms with Gasteiger partial charge in [-0.2, -0.15) is 0 Å². The van der Waals surface area contributed by atoms with E-state index < -0.39 is 5.54 Å². The fourth-order valence-electron chi connectivity index (χ4n) is 5.11. The molecule has 3 aliphatic rings. The molecule has 7 heteroatoms. The van der Waals surface area contributed by atoms with Gasteiger partial charge in [-0.25, -0.2) is 0 Å². The van der Waals surface area contributed by atoms with Gasteiger partial charge in [0, 0.05) is 6.54 Å². The number of para-hydroxylation sites is 2. The van der Waals surface area contributed by atoms with E-state index in [1.807, 2.05) is 41.3 Å². The summed E-state index contributed by atoms with van der Waals surface area (Å²) < 4.78 is 11.0. The van der Waals surface area contributed by atoms with Crippen LogP contribution in [0.3, 0.4) is 0 Å². The highest BCUT2D eigenvalue weighted by Gasteiger charge is 2.45. The van der Waals surface area contributed by atoms with Crippen LogP contribution in [0.4, 0.5) is 11.4 Å². The number of fused-ring (bicyclic) bond motifs is 1. The third kappa shape index (κ3) is 4.63. The number of likely N-dealkylation sites (tertiary alicyclic amines) is 1. The average Bonchev–Trinajstić information content (AvgIpc) is 3.37. The summed E-state index contributed by atoms with van der Waals surface area (Å²) in [5.74, 6) is 2.38.